The SMILES string of the molecule is Bc1ccc(C(=O)C(C(=O)OC)C2CCCCC2)cc1. The average Bonchev–Trinajstić information content (AvgIpc) is 2.49. The Morgan fingerprint density at radius 3 is 2.30 bits per heavy atom. The molecule has 4 heteroatoms. The Bertz CT molecular complexity index is 475. The first-order chi connectivity index (χ1) is 9.63. The molecule has 1 aromatic rings. The number of esters is 1. The first kappa shape index (κ1) is 14.8. The smallest absolute Gasteiger partial charge is 0.316 e. The van der Waals surface area contributed by atoms with Crippen LogP contribution in [0.4, 0.5) is 0 Å². The molecule has 1 atom stereocenters. The van der Waals surface area contributed by atoms with Crippen LogP contribution in [0.15, 0.2) is 24.3 Å². The number of ether oxygens (including phenoxy) is 1. The molecular weight excluding hydrogens is 251 g/mol. The van der Waals surface area contributed by atoms with Gasteiger partial charge in [0.2, 0.25) is 0 Å². The highest BCUT2D eigenvalue weighted by Crippen LogP contribution is 2.32. The Hall–Kier alpha value is -1.58. The molecule has 0 bridgehead atoms. The van der Waals surface area contributed by atoms with Gasteiger partial charge in [-0.1, -0.05) is 49.0 Å². The van der Waals surface area contributed by atoms with Gasteiger partial charge in [0.05, 0.1) is 7.11 Å². The van der Waals surface area contributed by atoms with Gasteiger partial charge < -0.3 is 4.74 Å². The van der Waals surface area contributed by atoms with Crippen molar-refractivity contribution in [3.05, 3.63) is 29.8 Å². The van der Waals surface area contributed by atoms with Crippen LogP contribution in [0.1, 0.15) is 42.5 Å². The Balaban J connectivity index is 2.23. The maximum Gasteiger partial charge on any atom is 0.316 e. The van der Waals surface area contributed by atoms with Crippen molar-refractivity contribution in [2.75, 3.05) is 7.11 Å². The van der Waals surface area contributed by atoms with Crippen molar-refractivity contribution in [2.45, 2.75) is 32.1 Å². The van der Waals surface area contributed by atoms with Crippen molar-refractivity contribution >= 4 is 25.1 Å². The molecule has 0 aliphatic heterocycles. The quantitative estimate of drug-likeness (QED) is 0.361. The fraction of sp³-hybridized carbons (Fsp3) is 0.500. The fourth-order valence-corrected chi connectivity index (χ4v) is 3.01. The Labute approximate surface area is 121 Å². The largest absolute Gasteiger partial charge is 0.468 e. The molecular formula is C16H21BO3. The van der Waals surface area contributed by atoms with Crippen molar-refractivity contribution in [1.29, 1.82) is 0 Å². The highest BCUT2D eigenvalue weighted by atomic mass is 16.5. The van der Waals surface area contributed by atoms with Crippen LogP contribution in [0.3, 0.4) is 0 Å². The minimum Gasteiger partial charge on any atom is -0.468 e. The number of hydrogen-bond donors (Lipinski definition) is 0. The molecule has 0 amide bonds. The minimum atomic E-state index is -0.636. The van der Waals surface area contributed by atoms with Crippen LogP contribution in [0.5, 0.6) is 0 Å². The van der Waals surface area contributed by atoms with E-state index >= 15 is 0 Å². The lowest BCUT2D eigenvalue weighted by Gasteiger charge is -2.27. The highest BCUT2D eigenvalue weighted by molar-refractivity contribution is 6.32. The lowest BCUT2D eigenvalue weighted by molar-refractivity contribution is -0.145. The van der Waals surface area contributed by atoms with E-state index in [0.29, 0.717) is 5.56 Å². The van der Waals surface area contributed by atoms with Gasteiger partial charge in [-0.25, -0.2) is 0 Å². The second kappa shape index (κ2) is 6.73. The van der Waals surface area contributed by atoms with Crippen molar-refractivity contribution in [3.8, 4) is 0 Å². The van der Waals surface area contributed by atoms with E-state index < -0.39 is 5.92 Å². The number of hydrogen-bond acceptors (Lipinski definition) is 3. The normalized spacial score (nSPS) is 17.4. The summed E-state index contributed by atoms with van der Waals surface area (Å²) in [5.41, 5.74) is 1.71. The second-order valence-corrected chi connectivity index (χ2v) is 5.63. The number of methoxy groups -OCH3 is 1. The van der Waals surface area contributed by atoms with E-state index in [1.807, 2.05) is 20.0 Å². The summed E-state index contributed by atoms with van der Waals surface area (Å²) in [4.78, 5) is 24.7. The summed E-state index contributed by atoms with van der Waals surface area (Å²) >= 11 is 0. The summed E-state index contributed by atoms with van der Waals surface area (Å²) in [5.74, 6) is -0.987. The number of carbonyl (C=O) groups excluding carboxylic acids is 2. The first-order valence-electron chi connectivity index (χ1n) is 7.32. The van der Waals surface area contributed by atoms with E-state index in [1.54, 1.807) is 12.1 Å². The third-order valence-corrected chi connectivity index (χ3v) is 4.19. The second-order valence-electron chi connectivity index (χ2n) is 5.63. The molecule has 0 spiro atoms. The van der Waals surface area contributed by atoms with Gasteiger partial charge >= 0.3 is 5.97 Å². The molecule has 1 saturated carbocycles. The summed E-state index contributed by atoms with van der Waals surface area (Å²) in [6, 6.07) is 7.41. The number of ketones is 1. The molecule has 2 rings (SSSR count). The van der Waals surface area contributed by atoms with Crippen molar-refractivity contribution in [3.63, 3.8) is 0 Å². The number of rotatable bonds is 4. The third kappa shape index (κ3) is 3.30. The molecule has 0 aromatic heterocycles. The molecule has 106 valence electrons. The lowest BCUT2D eigenvalue weighted by Crippen LogP contribution is -2.34. The fourth-order valence-electron chi connectivity index (χ4n) is 3.01. The van der Waals surface area contributed by atoms with Crippen molar-refractivity contribution in [2.24, 2.45) is 11.8 Å². The predicted molar refractivity (Wildman–Crippen MR) is 81.0 cm³/mol. The van der Waals surface area contributed by atoms with Crippen molar-refractivity contribution < 1.29 is 14.3 Å². The molecule has 0 N–H and O–H groups in total. The molecule has 3 nitrogen and oxygen atoms in total. The van der Waals surface area contributed by atoms with Gasteiger partial charge in [-0.3, -0.25) is 9.59 Å². The van der Waals surface area contributed by atoms with Gasteiger partial charge in [0.1, 0.15) is 13.8 Å². The van der Waals surface area contributed by atoms with E-state index in [4.69, 9.17) is 4.74 Å². The van der Waals surface area contributed by atoms with Crippen LogP contribution in [-0.2, 0) is 9.53 Å². The molecule has 1 unspecified atom stereocenters. The molecule has 1 fully saturated rings. The zero-order valence-electron chi connectivity index (χ0n) is 12.2. The maximum atomic E-state index is 12.7. The van der Waals surface area contributed by atoms with Crippen LogP contribution in [-0.4, -0.2) is 26.7 Å². The topological polar surface area (TPSA) is 43.4 Å². The van der Waals surface area contributed by atoms with Gasteiger partial charge in [0.15, 0.2) is 5.78 Å². The Morgan fingerprint density at radius 1 is 1.15 bits per heavy atom. The average molecular weight is 272 g/mol. The van der Waals surface area contributed by atoms with Crippen LogP contribution in [0.2, 0.25) is 0 Å². The standard InChI is InChI=1S/C16H21BO3/c1-20-16(19)14(11-5-3-2-4-6-11)15(18)12-7-9-13(17)10-8-12/h7-11,14H,2-6,17H2,1H3. The van der Waals surface area contributed by atoms with Crippen LogP contribution >= 0.6 is 0 Å². The van der Waals surface area contributed by atoms with Crippen LogP contribution in [0, 0.1) is 11.8 Å². The summed E-state index contributed by atoms with van der Waals surface area (Å²) < 4.78 is 4.87. The summed E-state index contributed by atoms with van der Waals surface area (Å²) in [5, 5.41) is 0. The molecule has 20 heavy (non-hydrogen) atoms. The summed E-state index contributed by atoms with van der Waals surface area (Å²) in [7, 11) is 3.34. The third-order valence-electron chi connectivity index (χ3n) is 4.19. The van der Waals surface area contributed by atoms with Gasteiger partial charge in [0.25, 0.3) is 0 Å². The van der Waals surface area contributed by atoms with E-state index in [0.717, 1.165) is 31.1 Å². The lowest BCUT2D eigenvalue weighted by atomic mass is 9.76. The van der Waals surface area contributed by atoms with Gasteiger partial charge in [0, 0.05) is 5.56 Å². The van der Waals surface area contributed by atoms with Gasteiger partial charge in [-0.05, 0) is 18.8 Å². The molecule has 1 aromatic carbocycles. The highest BCUT2D eigenvalue weighted by Gasteiger charge is 2.36. The zero-order chi connectivity index (χ0) is 14.5. The van der Waals surface area contributed by atoms with E-state index in [2.05, 4.69) is 0 Å². The molecule has 0 saturated heterocycles. The molecule has 0 radical (unpaired) electrons. The Kier molecular flexibility index (Phi) is 4.99. The number of Topliss-reactive ketones (excluding diaryl/α,β-unsaturated/α-hetero) is 1. The minimum absolute atomic E-state index is 0.0937. The Morgan fingerprint density at radius 2 is 1.75 bits per heavy atom. The van der Waals surface area contributed by atoms with Crippen LogP contribution in [0.25, 0.3) is 0 Å². The molecule has 0 heterocycles. The number of benzene rings is 1. The van der Waals surface area contributed by atoms with E-state index in [1.165, 1.54) is 13.5 Å². The van der Waals surface area contributed by atoms with Crippen molar-refractivity contribution in [1.82, 2.24) is 0 Å². The van der Waals surface area contributed by atoms with Gasteiger partial charge in [-0.15, -0.1) is 0 Å². The van der Waals surface area contributed by atoms with Crippen LogP contribution < -0.4 is 5.46 Å². The predicted octanol–water partition coefficient (Wildman–Crippen LogP) is 1.50. The maximum absolute atomic E-state index is 12.7. The monoisotopic (exact) mass is 272 g/mol. The summed E-state index contributed by atoms with van der Waals surface area (Å²) in [6.45, 7) is 0. The molecule has 1 aliphatic carbocycles. The van der Waals surface area contributed by atoms with E-state index in [9.17, 15) is 9.59 Å². The van der Waals surface area contributed by atoms with E-state index in [-0.39, 0.29) is 17.7 Å². The zero-order valence-corrected chi connectivity index (χ0v) is 12.2. The summed E-state index contributed by atoms with van der Waals surface area (Å²) in [6.07, 6.45) is 5.27. The number of carbonyl (C=O) groups is 2. The molecule has 1 aliphatic rings. The first-order valence-corrected chi connectivity index (χ1v) is 7.32. The van der Waals surface area contributed by atoms with Gasteiger partial charge in [-0.2, -0.15) is 0 Å².